The Morgan fingerprint density at radius 2 is 2.12 bits per heavy atom. The Balaban J connectivity index is 2.56. The summed E-state index contributed by atoms with van der Waals surface area (Å²) in [6.45, 7) is 5.84. The molecule has 0 heterocycles. The molecule has 0 aliphatic rings. The van der Waals surface area contributed by atoms with Gasteiger partial charge >= 0.3 is 0 Å². The lowest BCUT2D eigenvalue weighted by Crippen LogP contribution is -2.05. The van der Waals surface area contributed by atoms with E-state index < -0.39 is 0 Å². The second-order valence-electron chi connectivity index (χ2n) is 4.32. The van der Waals surface area contributed by atoms with E-state index in [4.69, 9.17) is 10.5 Å². The predicted octanol–water partition coefficient (Wildman–Crippen LogP) is 3.38. The Hall–Kier alpha value is -0.540. The standard InChI is InChI=1S/C13H20BrNO/c1-10(2)6-8-16-12-3-4-13(14)11(9-12)5-7-15/h3-4,9-10H,5-8,15H2,1-2H3. The van der Waals surface area contributed by atoms with E-state index in [1.165, 1.54) is 5.56 Å². The van der Waals surface area contributed by atoms with Crippen molar-refractivity contribution in [2.24, 2.45) is 11.7 Å². The van der Waals surface area contributed by atoms with Crippen molar-refractivity contribution in [3.05, 3.63) is 28.2 Å². The summed E-state index contributed by atoms with van der Waals surface area (Å²) in [5.41, 5.74) is 6.77. The van der Waals surface area contributed by atoms with Crippen molar-refractivity contribution < 1.29 is 4.74 Å². The zero-order valence-corrected chi connectivity index (χ0v) is 11.6. The molecule has 0 saturated carbocycles. The lowest BCUT2D eigenvalue weighted by atomic mass is 10.1. The van der Waals surface area contributed by atoms with Crippen molar-refractivity contribution in [2.75, 3.05) is 13.2 Å². The average molecular weight is 286 g/mol. The fraction of sp³-hybridized carbons (Fsp3) is 0.538. The summed E-state index contributed by atoms with van der Waals surface area (Å²) in [5, 5.41) is 0. The van der Waals surface area contributed by atoms with Gasteiger partial charge in [-0.25, -0.2) is 0 Å². The molecule has 0 aliphatic carbocycles. The molecular formula is C13H20BrNO. The minimum Gasteiger partial charge on any atom is -0.494 e. The Morgan fingerprint density at radius 1 is 1.38 bits per heavy atom. The molecule has 2 nitrogen and oxygen atoms in total. The summed E-state index contributed by atoms with van der Waals surface area (Å²) in [6.07, 6.45) is 1.96. The Morgan fingerprint density at radius 3 is 2.75 bits per heavy atom. The van der Waals surface area contributed by atoms with Gasteiger partial charge in [-0.15, -0.1) is 0 Å². The number of hydrogen-bond donors (Lipinski definition) is 1. The zero-order chi connectivity index (χ0) is 12.0. The highest BCUT2D eigenvalue weighted by molar-refractivity contribution is 9.10. The van der Waals surface area contributed by atoms with Crippen LogP contribution in [-0.2, 0) is 6.42 Å². The fourth-order valence-electron chi connectivity index (χ4n) is 1.40. The minimum atomic E-state index is 0.661. The van der Waals surface area contributed by atoms with Crippen LogP contribution in [0.4, 0.5) is 0 Å². The summed E-state index contributed by atoms with van der Waals surface area (Å²) >= 11 is 3.51. The Kier molecular flexibility index (Phi) is 5.85. The van der Waals surface area contributed by atoms with Crippen molar-refractivity contribution >= 4 is 15.9 Å². The highest BCUT2D eigenvalue weighted by Gasteiger charge is 2.02. The first-order chi connectivity index (χ1) is 7.63. The lowest BCUT2D eigenvalue weighted by molar-refractivity contribution is 0.289. The zero-order valence-electron chi connectivity index (χ0n) is 10.0. The highest BCUT2D eigenvalue weighted by atomic mass is 79.9. The van der Waals surface area contributed by atoms with Gasteiger partial charge in [0.2, 0.25) is 0 Å². The van der Waals surface area contributed by atoms with E-state index in [1.807, 2.05) is 12.1 Å². The van der Waals surface area contributed by atoms with Crippen molar-refractivity contribution in [3.8, 4) is 5.75 Å². The smallest absolute Gasteiger partial charge is 0.119 e. The quantitative estimate of drug-likeness (QED) is 0.870. The summed E-state index contributed by atoms with van der Waals surface area (Å²) in [5.74, 6) is 1.62. The second kappa shape index (κ2) is 6.92. The van der Waals surface area contributed by atoms with Crippen LogP contribution in [0.3, 0.4) is 0 Å². The maximum Gasteiger partial charge on any atom is 0.119 e. The minimum absolute atomic E-state index is 0.661. The third kappa shape index (κ3) is 4.54. The van der Waals surface area contributed by atoms with Gasteiger partial charge in [0.1, 0.15) is 5.75 Å². The molecule has 1 aromatic carbocycles. The Labute approximate surface area is 106 Å². The van der Waals surface area contributed by atoms with Crippen molar-refractivity contribution in [2.45, 2.75) is 26.7 Å². The van der Waals surface area contributed by atoms with E-state index in [0.29, 0.717) is 12.5 Å². The van der Waals surface area contributed by atoms with Crippen LogP contribution in [0.5, 0.6) is 5.75 Å². The first-order valence-corrected chi connectivity index (χ1v) is 6.54. The van der Waals surface area contributed by atoms with E-state index in [1.54, 1.807) is 0 Å². The summed E-state index contributed by atoms with van der Waals surface area (Å²) in [7, 11) is 0. The molecule has 0 saturated heterocycles. The third-order valence-electron chi connectivity index (χ3n) is 2.39. The van der Waals surface area contributed by atoms with Crippen LogP contribution in [0, 0.1) is 5.92 Å². The summed E-state index contributed by atoms with van der Waals surface area (Å²) in [4.78, 5) is 0. The van der Waals surface area contributed by atoms with E-state index >= 15 is 0 Å². The summed E-state index contributed by atoms with van der Waals surface area (Å²) < 4.78 is 6.80. The molecule has 2 N–H and O–H groups in total. The maximum absolute atomic E-state index is 5.70. The van der Waals surface area contributed by atoms with Crippen LogP contribution in [0.25, 0.3) is 0 Å². The van der Waals surface area contributed by atoms with Gasteiger partial charge in [0, 0.05) is 4.47 Å². The van der Waals surface area contributed by atoms with Crippen LogP contribution in [0.1, 0.15) is 25.8 Å². The number of ether oxygens (including phenoxy) is 1. The van der Waals surface area contributed by atoms with Gasteiger partial charge in [-0.1, -0.05) is 29.8 Å². The van der Waals surface area contributed by atoms with Crippen LogP contribution in [0.15, 0.2) is 22.7 Å². The van der Waals surface area contributed by atoms with E-state index in [9.17, 15) is 0 Å². The summed E-state index contributed by atoms with van der Waals surface area (Å²) in [6, 6.07) is 6.08. The molecular weight excluding hydrogens is 266 g/mol. The van der Waals surface area contributed by atoms with Gasteiger partial charge in [0.05, 0.1) is 6.61 Å². The molecule has 3 heteroatoms. The molecule has 1 rings (SSSR count). The normalized spacial score (nSPS) is 10.8. The number of nitrogens with two attached hydrogens (primary N) is 1. The lowest BCUT2D eigenvalue weighted by Gasteiger charge is -2.10. The van der Waals surface area contributed by atoms with Gasteiger partial charge in [0.25, 0.3) is 0 Å². The molecule has 0 amide bonds. The van der Waals surface area contributed by atoms with Crippen molar-refractivity contribution in [1.29, 1.82) is 0 Å². The predicted molar refractivity (Wildman–Crippen MR) is 71.9 cm³/mol. The molecule has 0 spiro atoms. The van der Waals surface area contributed by atoms with Crippen LogP contribution in [-0.4, -0.2) is 13.2 Å². The number of benzene rings is 1. The van der Waals surface area contributed by atoms with Crippen LogP contribution >= 0.6 is 15.9 Å². The number of halogens is 1. The molecule has 90 valence electrons. The number of hydrogen-bond acceptors (Lipinski definition) is 2. The molecule has 0 aromatic heterocycles. The monoisotopic (exact) mass is 285 g/mol. The van der Waals surface area contributed by atoms with Gasteiger partial charge < -0.3 is 10.5 Å². The van der Waals surface area contributed by atoms with Crippen LogP contribution in [0.2, 0.25) is 0 Å². The van der Waals surface area contributed by atoms with Gasteiger partial charge in [-0.2, -0.15) is 0 Å². The third-order valence-corrected chi connectivity index (χ3v) is 3.17. The van der Waals surface area contributed by atoms with Gasteiger partial charge in [-0.05, 0) is 49.1 Å². The van der Waals surface area contributed by atoms with Crippen LogP contribution < -0.4 is 10.5 Å². The fourth-order valence-corrected chi connectivity index (χ4v) is 1.85. The first-order valence-electron chi connectivity index (χ1n) is 5.74. The Bertz CT molecular complexity index is 326. The second-order valence-corrected chi connectivity index (χ2v) is 5.18. The molecule has 0 bridgehead atoms. The SMILES string of the molecule is CC(C)CCOc1ccc(Br)c(CCN)c1. The first kappa shape index (κ1) is 13.5. The van der Waals surface area contributed by atoms with E-state index in [2.05, 4.69) is 35.8 Å². The highest BCUT2D eigenvalue weighted by Crippen LogP contribution is 2.23. The molecule has 1 aromatic rings. The van der Waals surface area contributed by atoms with Crippen molar-refractivity contribution in [1.82, 2.24) is 0 Å². The largest absolute Gasteiger partial charge is 0.494 e. The number of rotatable bonds is 6. The van der Waals surface area contributed by atoms with Gasteiger partial charge in [0.15, 0.2) is 0 Å². The van der Waals surface area contributed by atoms with E-state index in [-0.39, 0.29) is 0 Å². The average Bonchev–Trinajstić information content (AvgIpc) is 2.22. The molecule has 0 aliphatic heterocycles. The molecule has 0 radical (unpaired) electrons. The topological polar surface area (TPSA) is 35.2 Å². The van der Waals surface area contributed by atoms with Crippen molar-refractivity contribution in [3.63, 3.8) is 0 Å². The van der Waals surface area contributed by atoms with E-state index in [0.717, 1.165) is 29.7 Å². The molecule has 16 heavy (non-hydrogen) atoms. The van der Waals surface area contributed by atoms with Gasteiger partial charge in [-0.3, -0.25) is 0 Å². The molecule has 0 unspecified atom stereocenters. The molecule has 0 atom stereocenters. The molecule has 0 fully saturated rings. The maximum atomic E-state index is 5.70.